The summed E-state index contributed by atoms with van der Waals surface area (Å²) in [5.74, 6) is -1.27. The number of aliphatic carboxylic acids is 1. The summed E-state index contributed by atoms with van der Waals surface area (Å²) in [6, 6.07) is 17.5. The van der Waals surface area contributed by atoms with Crippen molar-refractivity contribution in [1.29, 1.82) is 0 Å². The molecule has 30 heavy (non-hydrogen) atoms. The molecule has 0 spiro atoms. The lowest BCUT2D eigenvalue weighted by molar-refractivity contribution is -0.136. The number of carboxylic acids is 1. The first kappa shape index (κ1) is 19.7. The number of carbonyl (C=O) groups is 1. The van der Waals surface area contributed by atoms with Gasteiger partial charge in [0, 0.05) is 29.1 Å². The zero-order valence-corrected chi connectivity index (χ0v) is 16.1. The van der Waals surface area contributed by atoms with E-state index in [4.69, 9.17) is 20.0 Å². The molecule has 3 aromatic carbocycles. The smallest absolute Gasteiger partial charge is 0.307 e. The number of hydrogen-bond acceptors (Lipinski definition) is 4. The molecule has 4 rings (SSSR count). The number of carboxylic acid groups (broad SMARTS) is 1. The lowest BCUT2D eigenvalue weighted by Gasteiger charge is -2.12. The third-order valence-corrected chi connectivity index (χ3v) is 4.85. The Bertz CT molecular complexity index is 1220. The molecule has 6 heteroatoms. The van der Waals surface area contributed by atoms with Gasteiger partial charge >= 0.3 is 5.97 Å². The van der Waals surface area contributed by atoms with E-state index in [1.54, 1.807) is 6.26 Å². The van der Waals surface area contributed by atoms with Crippen molar-refractivity contribution >= 4 is 16.9 Å². The van der Waals surface area contributed by atoms with Crippen LogP contribution in [0.3, 0.4) is 0 Å². The topological polar surface area (TPSA) is 85.7 Å². The van der Waals surface area contributed by atoms with E-state index >= 15 is 0 Å². The molecule has 0 atom stereocenters. The molecule has 0 saturated heterocycles. The minimum atomic E-state index is -1.01. The number of rotatable bonds is 7. The van der Waals surface area contributed by atoms with Gasteiger partial charge in [-0.05, 0) is 47.0 Å². The molecule has 0 unspecified atom stereocenters. The molecule has 0 aliphatic carbocycles. The zero-order chi connectivity index (χ0) is 21.1. The molecule has 152 valence electrons. The average Bonchev–Trinajstić information content (AvgIpc) is 3.21. The van der Waals surface area contributed by atoms with Crippen molar-refractivity contribution in [3.63, 3.8) is 0 Å². The van der Waals surface area contributed by atoms with Crippen LogP contribution < -0.4 is 10.5 Å². The average molecular weight is 405 g/mol. The normalized spacial score (nSPS) is 11.0. The van der Waals surface area contributed by atoms with E-state index in [1.807, 2.05) is 42.5 Å². The quantitative estimate of drug-likeness (QED) is 0.457. The van der Waals surface area contributed by atoms with Gasteiger partial charge in [-0.15, -0.1) is 0 Å². The van der Waals surface area contributed by atoms with E-state index in [2.05, 4.69) is 0 Å². The van der Waals surface area contributed by atoms with Crippen molar-refractivity contribution in [2.24, 2.45) is 5.73 Å². The highest BCUT2D eigenvalue weighted by atomic mass is 19.1. The van der Waals surface area contributed by atoms with E-state index in [9.17, 15) is 9.18 Å². The lowest BCUT2D eigenvalue weighted by atomic mass is 9.99. The minimum Gasteiger partial charge on any atom is -0.488 e. The predicted molar refractivity (Wildman–Crippen MR) is 112 cm³/mol. The van der Waals surface area contributed by atoms with Crippen molar-refractivity contribution in [1.82, 2.24) is 0 Å². The second-order valence-electron chi connectivity index (χ2n) is 7.00. The molecule has 1 aromatic heterocycles. The van der Waals surface area contributed by atoms with Crippen molar-refractivity contribution in [2.75, 3.05) is 0 Å². The van der Waals surface area contributed by atoms with Gasteiger partial charge in [-0.2, -0.15) is 0 Å². The summed E-state index contributed by atoms with van der Waals surface area (Å²) in [7, 11) is 0. The molecule has 1 heterocycles. The summed E-state index contributed by atoms with van der Waals surface area (Å²) >= 11 is 0. The van der Waals surface area contributed by atoms with Crippen LogP contribution in [0.2, 0.25) is 0 Å². The van der Waals surface area contributed by atoms with Crippen LogP contribution in [0.25, 0.3) is 22.1 Å². The van der Waals surface area contributed by atoms with Crippen LogP contribution in [-0.4, -0.2) is 11.1 Å². The summed E-state index contributed by atoms with van der Waals surface area (Å²) in [5.41, 5.74) is 10.7. The summed E-state index contributed by atoms with van der Waals surface area (Å²) in [4.78, 5) is 11.1. The van der Waals surface area contributed by atoms with Crippen LogP contribution in [0.15, 0.2) is 71.3 Å². The fourth-order valence-electron chi connectivity index (χ4n) is 3.44. The Kier molecular flexibility index (Phi) is 5.50. The summed E-state index contributed by atoms with van der Waals surface area (Å²) in [5, 5.41) is 9.99. The number of halogens is 1. The highest BCUT2D eigenvalue weighted by Crippen LogP contribution is 2.32. The molecule has 5 nitrogen and oxygen atoms in total. The molecular weight excluding hydrogens is 385 g/mol. The third-order valence-electron chi connectivity index (χ3n) is 4.85. The maximum Gasteiger partial charge on any atom is 0.307 e. The summed E-state index contributed by atoms with van der Waals surface area (Å²) < 4.78 is 25.2. The number of fused-ring (bicyclic) bond motifs is 1. The maximum absolute atomic E-state index is 13.7. The Balaban J connectivity index is 1.68. The molecular formula is C24H20FNO4. The summed E-state index contributed by atoms with van der Waals surface area (Å²) in [6.07, 6.45) is 1.39. The van der Waals surface area contributed by atoms with Gasteiger partial charge in [0.15, 0.2) is 0 Å². The van der Waals surface area contributed by atoms with E-state index < -0.39 is 11.8 Å². The van der Waals surface area contributed by atoms with Gasteiger partial charge in [-0.1, -0.05) is 24.3 Å². The number of hydrogen-bond donors (Lipinski definition) is 2. The van der Waals surface area contributed by atoms with Gasteiger partial charge in [-0.3, -0.25) is 4.79 Å². The zero-order valence-electron chi connectivity index (χ0n) is 16.1. The Labute approximate surface area is 172 Å². The van der Waals surface area contributed by atoms with Gasteiger partial charge < -0.3 is 20.0 Å². The van der Waals surface area contributed by atoms with Crippen molar-refractivity contribution < 1.29 is 23.4 Å². The standard InChI is InChI=1S/C24H20FNO4/c25-20-5-4-18(11-23(27)28)22(12-20)30-14-16-9-19-6-7-29-24(19)21(10-16)17-3-1-2-15(8-17)13-26/h1-10,12H,11,13-14,26H2,(H,27,28). The van der Waals surface area contributed by atoms with Crippen LogP contribution in [-0.2, 0) is 24.4 Å². The first-order valence-electron chi connectivity index (χ1n) is 9.46. The molecule has 0 radical (unpaired) electrons. The molecule has 0 aliphatic heterocycles. The number of ether oxygens (including phenoxy) is 1. The SMILES string of the molecule is NCc1cccc(-c2cc(COc3cc(F)ccc3CC(=O)O)cc3ccoc23)c1. The van der Waals surface area contributed by atoms with Crippen LogP contribution in [0.4, 0.5) is 4.39 Å². The molecule has 0 aliphatic rings. The molecule has 0 fully saturated rings. The van der Waals surface area contributed by atoms with Crippen LogP contribution in [0, 0.1) is 5.82 Å². The number of benzene rings is 3. The Hall–Kier alpha value is -3.64. The summed E-state index contributed by atoms with van der Waals surface area (Å²) in [6.45, 7) is 0.588. The maximum atomic E-state index is 13.7. The van der Waals surface area contributed by atoms with Gasteiger partial charge in [0.05, 0.1) is 12.7 Å². The van der Waals surface area contributed by atoms with Crippen LogP contribution in [0.5, 0.6) is 5.75 Å². The van der Waals surface area contributed by atoms with Gasteiger partial charge in [0.25, 0.3) is 0 Å². The minimum absolute atomic E-state index is 0.154. The highest BCUT2D eigenvalue weighted by Gasteiger charge is 2.13. The van der Waals surface area contributed by atoms with Crippen molar-refractivity contribution in [3.8, 4) is 16.9 Å². The fourth-order valence-corrected chi connectivity index (χ4v) is 3.44. The van der Waals surface area contributed by atoms with Gasteiger partial charge in [0.2, 0.25) is 0 Å². The second kappa shape index (κ2) is 8.39. The molecule has 0 saturated carbocycles. The van der Waals surface area contributed by atoms with E-state index in [1.165, 1.54) is 18.2 Å². The van der Waals surface area contributed by atoms with Crippen molar-refractivity contribution in [2.45, 2.75) is 19.6 Å². The first-order chi connectivity index (χ1) is 14.5. The van der Waals surface area contributed by atoms with E-state index in [0.29, 0.717) is 12.1 Å². The third kappa shape index (κ3) is 4.18. The Morgan fingerprint density at radius 1 is 1.07 bits per heavy atom. The molecule has 3 N–H and O–H groups in total. The molecule has 0 amide bonds. The van der Waals surface area contributed by atoms with Gasteiger partial charge in [0.1, 0.15) is 23.8 Å². The van der Waals surface area contributed by atoms with E-state index in [-0.39, 0.29) is 18.8 Å². The highest BCUT2D eigenvalue weighted by molar-refractivity contribution is 5.93. The predicted octanol–water partition coefficient (Wildman–Crippen LogP) is 4.90. The van der Waals surface area contributed by atoms with Crippen LogP contribution >= 0.6 is 0 Å². The second-order valence-corrected chi connectivity index (χ2v) is 7.00. The van der Waals surface area contributed by atoms with E-state index in [0.717, 1.165) is 33.2 Å². The van der Waals surface area contributed by atoms with Gasteiger partial charge in [-0.25, -0.2) is 4.39 Å². The number of furan rings is 1. The fraction of sp³-hybridized carbons (Fsp3) is 0.125. The lowest BCUT2D eigenvalue weighted by Crippen LogP contribution is -2.05. The largest absolute Gasteiger partial charge is 0.488 e. The molecule has 0 bridgehead atoms. The first-order valence-corrected chi connectivity index (χ1v) is 9.46. The van der Waals surface area contributed by atoms with Crippen molar-refractivity contribution in [3.05, 3.63) is 89.4 Å². The Morgan fingerprint density at radius 2 is 1.93 bits per heavy atom. The Morgan fingerprint density at radius 3 is 2.73 bits per heavy atom. The molecule has 4 aromatic rings. The number of nitrogens with two attached hydrogens (primary N) is 1. The van der Waals surface area contributed by atoms with Crippen LogP contribution in [0.1, 0.15) is 16.7 Å². The monoisotopic (exact) mass is 405 g/mol.